The highest BCUT2D eigenvalue weighted by Crippen LogP contribution is 2.33. The Morgan fingerprint density at radius 3 is 2.67 bits per heavy atom. The van der Waals surface area contributed by atoms with Gasteiger partial charge in [-0.3, -0.25) is 0 Å². The zero-order valence-corrected chi connectivity index (χ0v) is 14.1. The molecule has 0 amide bonds. The van der Waals surface area contributed by atoms with Crippen LogP contribution in [0.4, 0.5) is 11.5 Å². The highest BCUT2D eigenvalue weighted by atomic mass is 79.9. The van der Waals surface area contributed by atoms with Crippen LogP contribution in [0.1, 0.15) is 5.56 Å². The standard InChI is InChI=1S/C15H10BrCl2N3/c1-8-6-10(16)13(7-11(8)17)19-14-9-4-2-3-5-12(9)20-15(18)21-14/h2-7H,1H3,(H,19,20,21). The van der Waals surface area contributed by atoms with Gasteiger partial charge in [-0.25, -0.2) is 4.98 Å². The molecule has 1 N–H and O–H groups in total. The lowest BCUT2D eigenvalue weighted by molar-refractivity contribution is 1.22. The van der Waals surface area contributed by atoms with E-state index in [0.29, 0.717) is 10.8 Å². The molecule has 0 aliphatic carbocycles. The average Bonchev–Trinajstić information content (AvgIpc) is 2.44. The molecule has 106 valence electrons. The van der Waals surface area contributed by atoms with Gasteiger partial charge in [0.1, 0.15) is 5.82 Å². The van der Waals surface area contributed by atoms with Gasteiger partial charge in [-0.2, -0.15) is 4.98 Å². The number of anilines is 2. The van der Waals surface area contributed by atoms with E-state index in [9.17, 15) is 0 Å². The van der Waals surface area contributed by atoms with E-state index in [2.05, 4.69) is 31.2 Å². The predicted octanol–water partition coefficient (Wildman–Crippen LogP) is 5.75. The maximum Gasteiger partial charge on any atom is 0.224 e. The molecule has 0 unspecified atom stereocenters. The molecular weight excluding hydrogens is 373 g/mol. The topological polar surface area (TPSA) is 37.8 Å². The second-order valence-electron chi connectivity index (χ2n) is 4.56. The quantitative estimate of drug-likeness (QED) is 0.573. The number of para-hydroxylation sites is 1. The molecule has 0 saturated heterocycles. The SMILES string of the molecule is Cc1cc(Br)c(Nc2nc(Cl)nc3ccccc23)cc1Cl. The summed E-state index contributed by atoms with van der Waals surface area (Å²) in [6, 6.07) is 11.5. The molecule has 3 aromatic rings. The van der Waals surface area contributed by atoms with Crippen molar-refractivity contribution in [2.45, 2.75) is 6.92 Å². The highest BCUT2D eigenvalue weighted by Gasteiger charge is 2.10. The Hall–Kier alpha value is -1.36. The second-order valence-corrected chi connectivity index (χ2v) is 6.16. The Morgan fingerprint density at radius 1 is 1.10 bits per heavy atom. The van der Waals surface area contributed by atoms with Gasteiger partial charge in [0.15, 0.2) is 0 Å². The smallest absolute Gasteiger partial charge is 0.224 e. The number of nitrogens with zero attached hydrogens (tertiary/aromatic N) is 2. The van der Waals surface area contributed by atoms with E-state index in [1.165, 1.54) is 0 Å². The molecule has 3 nitrogen and oxygen atoms in total. The van der Waals surface area contributed by atoms with Gasteiger partial charge in [0.05, 0.1) is 11.2 Å². The predicted molar refractivity (Wildman–Crippen MR) is 91.7 cm³/mol. The van der Waals surface area contributed by atoms with Crippen LogP contribution in [-0.4, -0.2) is 9.97 Å². The van der Waals surface area contributed by atoms with Crippen molar-refractivity contribution in [2.75, 3.05) is 5.32 Å². The number of aromatic nitrogens is 2. The summed E-state index contributed by atoms with van der Waals surface area (Å²) in [7, 11) is 0. The number of aryl methyl sites for hydroxylation is 1. The first-order valence-corrected chi connectivity index (χ1v) is 7.74. The van der Waals surface area contributed by atoms with Gasteiger partial charge >= 0.3 is 0 Å². The molecule has 1 aromatic heterocycles. The summed E-state index contributed by atoms with van der Waals surface area (Å²) in [6.07, 6.45) is 0. The van der Waals surface area contributed by atoms with Gasteiger partial charge in [0, 0.05) is 14.9 Å². The van der Waals surface area contributed by atoms with E-state index in [0.717, 1.165) is 26.6 Å². The van der Waals surface area contributed by atoms with Gasteiger partial charge < -0.3 is 5.32 Å². The first-order chi connectivity index (χ1) is 10.0. The van der Waals surface area contributed by atoms with E-state index in [4.69, 9.17) is 23.2 Å². The van der Waals surface area contributed by atoms with E-state index in [1.54, 1.807) is 0 Å². The zero-order valence-electron chi connectivity index (χ0n) is 11.0. The fourth-order valence-electron chi connectivity index (χ4n) is 2.01. The summed E-state index contributed by atoms with van der Waals surface area (Å²) in [5.74, 6) is 0.645. The lowest BCUT2D eigenvalue weighted by Crippen LogP contribution is -1.98. The van der Waals surface area contributed by atoms with Gasteiger partial charge in [0.2, 0.25) is 5.28 Å². The number of halogens is 3. The summed E-state index contributed by atoms with van der Waals surface area (Å²) in [5, 5.41) is 5.04. The van der Waals surface area contributed by atoms with Crippen LogP contribution in [0.3, 0.4) is 0 Å². The molecule has 0 bridgehead atoms. The Morgan fingerprint density at radius 2 is 1.86 bits per heavy atom. The molecule has 0 radical (unpaired) electrons. The maximum absolute atomic E-state index is 6.18. The van der Waals surface area contributed by atoms with Gasteiger partial charge in [-0.1, -0.05) is 23.7 Å². The number of fused-ring (bicyclic) bond motifs is 1. The molecule has 0 saturated carbocycles. The second kappa shape index (κ2) is 5.79. The number of hydrogen-bond acceptors (Lipinski definition) is 3. The van der Waals surface area contributed by atoms with Crippen LogP contribution in [0.5, 0.6) is 0 Å². The number of benzene rings is 2. The van der Waals surface area contributed by atoms with Crippen molar-refractivity contribution >= 4 is 61.5 Å². The minimum absolute atomic E-state index is 0.200. The van der Waals surface area contributed by atoms with Crippen molar-refractivity contribution in [3.05, 3.63) is 56.7 Å². The molecule has 0 spiro atoms. The van der Waals surface area contributed by atoms with Gasteiger partial charge in [-0.15, -0.1) is 0 Å². The largest absolute Gasteiger partial charge is 0.339 e. The Labute approximate surface area is 140 Å². The Kier molecular flexibility index (Phi) is 4.02. The van der Waals surface area contributed by atoms with E-state index < -0.39 is 0 Å². The summed E-state index contributed by atoms with van der Waals surface area (Å²) in [6.45, 7) is 1.95. The van der Waals surface area contributed by atoms with Crippen LogP contribution in [0.15, 0.2) is 40.9 Å². The molecule has 0 fully saturated rings. The third-order valence-electron chi connectivity index (χ3n) is 3.08. The summed E-state index contributed by atoms with van der Waals surface area (Å²) in [5.41, 5.74) is 2.61. The summed E-state index contributed by atoms with van der Waals surface area (Å²) >= 11 is 15.7. The van der Waals surface area contributed by atoms with Crippen LogP contribution < -0.4 is 5.32 Å². The molecule has 6 heteroatoms. The molecule has 0 aliphatic rings. The van der Waals surface area contributed by atoms with Gasteiger partial charge in [0.25, 0.3) is 0 Å². The Balaban J connectivity index is 2.12. The summed E-state index contributed by atoms with van der Waals surface area (Å²) < 4.78 is 0.906. The fraction of sp³-hybridized carbons (Fsp3) is 0.0667. The van der Waals surface area contributed by atoms with Crippen molar-refractivity contribution in [1.29, 1.82) is 0 Å². The van der Waals surface area contributed by atoms with Crippen molar-refractivity contribution in [3.8, 4) is 0 Å². The number of nitrogens with one attached hydrogen (secondary N) is 1. The lowest BCUT2D eigenvalue weighted by atomic mass is 10.2. The molecule has 2 aromatic carbocycles. The van der Waals surface area contributed by atoms with Crippen LogP contribution in [-0.2, 0) is 0 Å². The molecule has 1 heterocycles. The van der Waals surface area contributed by atoms with Crippen molar-refractivity contribution < 1.29 is 0 Å². The zero-order chi connectivity index (χ0) is 15.0. The Bertz CT molecular complexity index is 837. The minimum Gasteiger partial charge on any atom is -0.339 e. The lowest BCUT2D eigenvalue weighted by Gasteiger charge is -2.12. The van der Waals surface area contributed by atoms with Crippen LogP contribution >= 0.6 is 39.1 Å². The van der Waals surface area contributed by atoms with Crippen LogP contribution in [0.2, 0.25) is 10.3 Å². The number of hydrogen-bond donors (Lipinski definition) is 1. The van der Waals surface area contributed by atoms with Crippen LogP contribution in [0, 0.1) is 6.92 Å². The highest BCUT2D eigenvalue weighted by molar-refractivity contribution is 9.10. The van der Waals surface area contributed by atoms with Crippen LogP contribution in [0.25, 0.3) is 10.9 Å². The van der Waals surface area contributed by atoms with Gasteiger partial charge in [-0.05, 0) is 64.3 Å². The molecule has 0 atom stereocenters. The molecular formula is C15H10BrCl2N3. The average molecular weight is 383 g/mol. The normalized spacial score (nSPS) is 10.9. The van der Waals surface area contributed by atoms with Crippen molar-refractivity contribution in [2.24, 2.45) is 0 Å². The van der Waals surface area contributed by atoms with E-state index in [-0.39, 0.29) is 5.28 Å². The maximum atomic E-state index is 6.18. The van der Waals surface area contributed by atoms with E-state index in [1.807, 2.05) is 43.3 Å². The monoisotopic (exact) mass is 381 g/mol. The third-order valence-corrected chi connectivity index (χ3v) is 4.31. The van der Waals surface area contributed by atoms with Crippen molar-refractivity contribution in [1.82, 2.24) is 9.97 Å². The molecule has 21 heavy (non-hydrogen) atoms. The number of rotatable bonds is 2. The first-order valence-electron chi connectivity index (χ1n) is 6.19. The van der Waals surface area contributed by atoms with Crippen molar-refractivity contribution in [3.63, 3.8) is 0 Å². The first kappa shape index (κ1) is 14.6. The molecule has 0 aliphatic heterocycles. The summed E-state index contributed by atoms with van der Waals surface area (Å²) in [4.78, 5) is 8.48. The molecule has 3 rings (SSSR count). The third kappa shape index (κ3) is 2.98. The van der Waals surface area contributed by atoms with E-state index >= 15 is 0 Å². The fourth-order valence-corrected chi connectivity index (χ4v) is 2.91. The minimum atomic E-state index is 0.200.